The van der Waals surface area contributed by atoms with Gasteiger partial charge in [-0.15, -0.1) is 0 Å². The largest absolute Gasteiger partial charge is 0.373 e. The van der Waals surface area contributed by atoms with Gasteiger partial charge in [0.15, 0.2) is 5.76 Å². The van der Waals surface area contributed by atoms with Crippen LogP contribution >= 0.6 is 0 Å². The molecule has 2 aromatic rings. The molecule has 0 spiro atoms. The maximum atomic E-state index is 12.9. The molecule has 1 atom stereocenters. The Morgan fingerprint density at radius 1 is 1.30 bits per heavy atom. The number of hydrogen-bond donors (Lipinski definition) is 1. The predicted molar refractivity (Wildman–Crippen MR) is 83.5 cm³/mol. The van der Waals surface area contributed by atoms with Crippen LogP contribution in [0.15, 0.2) is 15.5 Å². The molecule has 1 aliphatic rings. The number of hydrogen-bond acceptors (Lipinski definition) is 7. The number of nitrogens with one attached hydrogen (secondary N) is 1. The second-order valence-corrected chi connectivity index (χ2v) is 7.38. The van der Waals surface area contributed by atoms with Gasteiger partial charge in [-0.25, -0.2) is 18.4 Å². The Bertz CT molecular complexity index is 827. The van der Waals surface area contributed by atoms with Crippen LogP contribution in [0.5, 0.6) is 0 Å². The minimum Gasteiger partial charge on any atom is -0.373 e. The van der Waals surface area contributed by atoms with E-state index in [9.17, 15) is 8.42 Å². The van der Waals surface area contributed by atoms with Gasteiger partial charge in [0.1, 0.15) is 22.2 Å². The molecule has 0 bridgehead atoms. The molecule has 2 aromatic heterocycles. The van der Waals surface area contributed by atoms with E-state index in [-0.39, 0.29) is 10.9 Å². The molecule has 1 aliphatic heterocycles. The van der Waals surface area contributed by atoms with Gasteiger partial charge >= 0.3 is 0 Å². The Morgan fingerprint density at radius 3 is 2.57 bits per heavy atom. The van der Waals surface area contributed by atoms with E-state index in [1.807, 2.05) is 0 Å². The van der Waals surface area contributed by atoms with Crippen LogP contribution in [0.25, 0.3) is 0 Å². The van der Waals surface area contributed by atoms with E-state index in [1.165, 1.54) is 4.31 Å². The number of rotatable bonds is 4. The molecular weight excluding hydrogens is 318 g/mol. The van der Waals surface area contributed by atoms with Crippen molar-refractivity contribution in [3.63, 3.8) is 0 Å². The average Bonchev–Trinajstić information content (AvgIpc) is 2.76. The SMILES string of the molecule is CNc1cc([C@H]2CCN2S(=O)(=O)c2c(C)noc2C)nc(C)n1. The smallest absolute Gasteiger partial charge is 0.249 e. The molecule has 0 amide bonds. The van der Waals surface area contributed by atoms with Crippen LogP contribution in [-0.4, -0.2) is 41.4 Å². The first-order chi connectivity index (χ1) is 10.8. The summed E-state index contributed by atoms with van der Waals surface area (Å²) < 4.78 is 32.3. The molecule has 0 radical (unpaired) electrons. The lowest BCUT2D eigenvalue weighted by Gasteiger charge is -2.39. The molecule has 3 rings (SSSR count). The fourth-order valence-electron chi connectivity index (χ4n) is 2.80. The van der Waals surface area contributed by atoms with E-state index in [1.54, 1.807) is 33.9 Å². The number of nitrogens with zero attached hydrogens (tertiary/aromatic N) is 4. The van der Waals surface area contributed by atoms with Gasteiger partial charge in [-0.1, -0.05) is 5.16 Å². The molecule has 3 heterocycles. The summed E-state index contributed by atoms with van der Waals surface area (Å²) in [7, 11) is -1.89. The molecule has 1 N–H and O–H groups in total. The van der Waals surface area contributed by atoms with Gasteiger partial charge in [0.05, 0.1) is 11.7 Å². The number of aromatic nitrogens is 3. The van der Waals surface area contributed by atoms with Crippen LogP contribution in [0.2, 0.25) is 0 Å². The van der Waals surface area contributed by atoms with Crippen molar-refractivity contribution in [2.45, 2.75) is 38.1 Å². The molecule has 23 heavy (non-hydrogen) atoms. The van der Waals surface area contributed by atoms with E-state index in [4.69, 9.17) is 4.52 Å². The lowest BCUT2D eigenvalue weighted by atomic mass is 10.0. The Balaban J connectivity index is 1.98. The van der Waals surface area contributed by atoms with Gasteiger partial charge < -0.3 is 9.84 Å². The van der Waals surface area contributed by atoms with Gasteiger partial charge in [-0.05, 0) is 27.2 Å². The Morgan fingerprint density at radius 2 is 2.04 bits per heavy atom. The van der Waals surface area contributed by atoms with E-state index >= 15 is 0 Å². The van der Waals surface area contributed by atoms with Crippen molar-refractivity contribution in [3.8, 4) is 0 Å². The highest BCUT2D eigenvalue weighted by Crippen LogP contribution is 2.39. The molecule has 0 unspecified atom stereocenters. The highest BCUT2D eigenvalue weighted by molar-refractivity contribution is 7.89. The van der Waals surface area contributed by atoms with Crippen LogP contribution in [0, 0.1) is 20.8 Å². The first-order valence-corrected chi connectivity index (χ1v) is 8.76. The lowest BCUT2D eigenvalue weighted by Crippen LogP contribution is -2.45. The highest BCUT2D eigenvalue weighted by Gasteiger charge is 2.42. The molecule has 0 saturated carbocycles. The minimum absolute atomic E-state index is 0.154. The normalized spacial score (nSPS) is 18.7. The first-order valence-electron chi connectivity index (χ1n) is 7.32. The van der Waals surface area contributed by atoms with E-state index in [0.29, 0.717) is 35.3 Å². The van der Waals surface area contributed by atoms with Crippen LogP contribution < -0.4 is 5.32 Å². The van der Waals surface area contributed by atoms with E-state index in [2.05, 4.69) is 20.4 Å². The van der Waals surface area contributed by atoms with Crippen LogP contribution in [-0.2, 0) is 10.0 Å². The molecule has 1 saturated heterocycles. The monoisotopic (exact) mass is 337 g/mol. The number of sulfonamides is 1. The summed E-state index contributed by atoms with van der Waals surface area (Å²) in [6, 6.07) is 1.50. The second-order valence-electron chi connectivity index (χ2n) is 5.55. The maximum Gasteiger partial charge on any atom is 0.249 e. The van der Waals surface area contributed by atoms with E-state index < -0.39 is 10.0 Å². The number of anilines is 1. The van der Waals surface area contributed by atoms with Gasteiger partial charge in [-0.3, -0.25) is 0 Å². The molecular formula is C14H19N5O3S. The third-order valence-corrected chi connectivity index (χ3v) is 6.11. The van der Waals surface area contributed by atoms with Crippen molar-refractivity contribution >= 4 is 15.8 Å². The van der Waals surface area contributed by atoms with Crippen molar-refractivity contribution in [1.29, 1.82) is 0 Å². The van der Waals surface area contributed by atoms with Gasteiger partial charge in [0.2, 0.25) is 10.0 Å². The molecule has 1 fully saturated rings. The maximum absolute atomic E-state index is 12.9. The van der Waals surface area contributed by atoms with Crippen molar-refractivity contribution < 1.29 is 12.9 Å². The van der Waals surface area contributed by atoms with Crippen molar-refractivity contribution in [3.05, 3.63) is 29.0 Å². The van der Waals surface area contributed by atoms with E-state index in [0.717, 1.165) is 6.42 Å². The highest BCUT2D eigenvalue weighted by atomic mass is 32.2. The number of aryl methyl sites for hydroxylation is 3. The summed E-state index contributed by atoms with van der Waals surface area (Å²) >= 11 is 0. The fraction of sp³-hybridized carbons (Fsp3) is 0.500. The Hall–Kier alpha value is -2.00. The van der Waals surface area contributed by atoms with Crippen LogP contribution in [0.3, 0.4) is 0 Å². The molecule has 0 aromatic carbocycles. The second kappa shape index (κ2) is 5.57. The third kappa shape index (κ3) is 2.59. The van der Waals surface area contributed by atoms with Gasteiger partial charge in [0, 0.05) is 19.7 Å². The standard InChI is InChI=1S/C14H19N5O3S/c1-8-14(9(2)22-18-8)23(20,21)19-6-5-12(19)11-7-13(15-4)17-10(3)16-11/h7,12H,5-6H2,1-4H3,(H,15,16,17)/t12-/m1/s1. The third-order valence-electron chi connectivity index (χ3n) is 3.96. The fourth-order valence-corrected chi connectivity index (χ4v) is 4.74. The van der Waals surface area contributed by atoms with Gasteiger partial charge in [0.25, 0.3) is 0 Å². The first kappa shape index (κ1) is 15.9. The van der Waals surface area contributed by atoms with Crippen molar-refractivity contribution in [2.24, 2.45) is 0 Å². The zero-order valence-corrected chi connectivity index (χ0v) is 14.3. The zero-order chi connectivity index (χ0) is 16.8. The molecule has 8 nitrogen and oxygen atoms in total. The summed E-state index contributed by atoms with van der Waals surface area (Å²) in [5.74, 6) is 1.59. The molecule has 9 heteroatoms. The molecule has 0 aliphatic carbocycles. The Kier molecular flexibility index (Phi) is 3.85. The van der Waals surface area contributed by atoms with Gasteiger partial charge in [-0.2, -0.15) is 4.31 Å². The summed E-state index contributed by atoms with van der Waals surface area (Å²) in [6.45, 7) is 5.48. The zero-order valence-electron chi connectivity index (χ0n) is 13.5. The van der Waals surface area contributed by atoms with Crippen LogP contribution in [0.4, 0.5) is 5.82 Å². The minimum atomic E-state index is -3.65. The van der Waals surface area contributed by atoms with Crippen molar-refractivity contribution in [1.82, 2.24) is 19.4 Å². The van der Waals surface area contributed by atoms with Crippen LogP contribution in [0.1, 0.15) is 35.4 Å². The summed E-state index contributed by atoms with van der Waals surface area (Å²) in [6.07, 6.45) is 0.724. The quantitative estimate of drug-likeness (QED) is 0.903. The summed E-state index contributed by atoms with van der Waals surface area (Å²) in [5, 5.41) is 6.71. The molecule has 124 valence electrons. The summed E-state index contributed by atoms with van der Waals surface area (Å²) in [4.78, 5) is 8.80. The van der Waals surface area contributed by atoms with Crippen molar-refractivity contribution in [2.75, 3.05) is 18.9 Å². The lowest BCUT2D eigenvalue weighted by molar-refractivity contribution is 0.197. The Labute approximate surface area is 135 Å². The predicted octanol–water partition coefficient (Wildman–Crippen LogP) is 1.57. The summed E-state index contributed by atoms with van der Waals surface area (Å²) in [5.41, 5.74) is 1.08. The topological polar surface area (TPSA) is 101 Å². The average molecular weight is 337 g/mol.